The van der Waals surface area contributed by atoms with Gasteiger partial charge in [-0.25, -0.2) is 9.97 Å². The number of aromatic nitrogens is 2. The van der Waals surface area contributed by atoms with Crippen molar-refractivity contribution in [3.05, 3.63) is 32.1 Å². The van der Waals surface area contributed by atoms with Crippen molar-refractivity contribution in [3.63, 3.8) is 0 Å². The maximum absolute atomic E-state index is 4.17. The smallest absolute Gasteiger partial charge is 0.161 e. The van der Waals surface area contributed by atoms with Crippen LogP contribution in [-0.4, -0.2) is 9.97 Å². The molecule has 0 atom stereocenters. The molecule has 0 saturated heterocycles. The van der Waals surface area contributed by atoms with Crippen molar-refractivity contribution in [1.82, 2.24) is 9.97 Å². The first-order valence-corrected chi connectivity index (χ1v) is 5.90. The van der Waals surface area contributed by atoms with E-state index >= 15 is 0 Å². The molecule has 0 aromatic carbocycles. The Bertz CT molecular complexity index is 413. The lowest BCUT2D eigenvalue weighted by Gasteiger charge is -1.94. The number of hydrogen-bond acceptors (Lipinski definition) is 3. The van der Waals surface area contributed by atoms with Gasteiger partial charge in [0.05, 0.1) is 7.57 Å². The monoisotopic (exact) mass is 318 g/mol. The SMILES string of the molecule is Brc1cc(-c2ncccn2)c(Br)s1. The highest BCUT2D eigenvalue weighted by molar-refractivity contribution is 9.12. The van der Waals surface area contributed by atoms with E-state index in [9.17, 15) is 0 Å². The minimum atomic E-state index is 0.747. The predicted octanol–water partition coefficient (Wildman–Crippen LogP) is 3.73. The molecule has 0 spiro atoms. The Morgan fingerprint density at radius 3 is 2.38 bits per heavy atom. The van der Waals surface area contributed by atoms with Crippen LogP contribution in [0.5, 0.6) is 0 Å². The molecule has 0 N–H and O–H groups in total. The van der Waals surface area contributed by atoms with E-state index in [4.69, 9.17) is 0 Å². The maximum atomic E-state index is 4.17. The van der Waals surface area contributed by atoms with Gasteiger partial charge in [0.25, 0.3) is 0 Å². The number of thiophene rings is 1. The Balaban J connectivity index is 2.53. The molecule has 0 radical (unpaired) electrons. The third kappa shape index (κ3) is 1.98. The molecule has 2 rings (SSSR count). The van der Waals surface area contributed by atoms with E-state index in [0.29, 0.717) is 0 Å². The first kappa shape index (κ1) is 9.30. The van der Waals surface area contributed by atoms with Crippen LogP contribution in [-0.2, 0) is 0 Å². The molecule has 0 saturated carbocycles. The highest BCUT2D eigenvalue weighted by Gasteiger charge is 2.08. The van der Waals surface area contributed by atoms with Gasteiger partial charge in [0.1, 0.15) is 0 Å². The van der Waals surface area contributed by atoms with E-state index in [1.54, 1.807) is 29.8 Å². The van der Waals surface area contributed by atoms with Crippen LogP contribution in [0, 0.1) is 0 Å². The van der Waals surface area contributed by atoms with Gasteiger partial charge < -0.3 is 0 Å². The van der Waals surface area contributed by atoms with Crippen molar-refractivity contribution in [2.24, 2.45) is 0 Å². The lowest BCUT2D eigenvalue weighted by Crippen LogP contribution is -1.84. The van der Waals surface area contributed by atoms with Crippen molar-refractivity contribution in [2.45, 2.75) is 0 Å². The molecule has 0 bridgehead atoms. The first-order valence-electron chi connectivity index (χ1n) is 3.49. The summed E-state index contributed by atoms with van der Waals surface area (Å²) in [5.74, 6) is 0.747. The van der Waals surface area contributed by atoms with Gasteiger partial charge in [-0.05, 0) is 44.0 Å². The molecule has 0 fully saturated rings. The molecule has 2 heterocycles. The molecule has 0 aliphatic carbocycles. The molecule has 0 amide bonds. The van der Waals surface area contributed by atoms with Crippen LogP contribution in [0.3, 0.4) is 0 Å². The molecule has 66 valence electrons. The van der Waals surface area contributed by atoms with E-state index in [1.165, 1.54) is 0 Å². The Kier molecular flexibility index (Phi) is 2.76. The molecule has 2 aromatic heterocycles. The van der Waals surface area contributed by atoms with Gasteiger partial charge in [-0.1, -0.05) is 0 Å². The van der Waals surface area contributed by atoms with Crippen LogP contribution in [0.25, 0.3) is 11.4 Å². The normalized spacial score (nSPS) is 10.3. The van der Waals surface area contributed by atoms with Gasteiger partial charge in [-0.15, -0.1) is 11.3 Å². The Labute approximate surface area is 96.3 Å². The van der Waals surface area contributed by atoms with E-state index in [2.05, 4.69) is 41.8 Å². The molecule has 0 aliphatic heterocycles. The van der Waals surface area contributed by atoms with Crippen LogP contribution >= 0.6 is 43.2 Å². The summed E-state index contributed by atoms with van der Waals surface area (Å²) in [5, 5.41) is 0. The Morgan fingerprint density at radius 2 is 1.85 bits per heavy atom. The molecule has 5 heteroatoms. The summed E-state index contributed by atoms with van der Waals surface area (Å²) < 4.78 is 2.12. The van der Waals surface area contributed by atoms with Crippen molar-refractivity contribution >= 4 is 43.2 Å². The molecule has 13 heavy (non-hydrogen) atoms. The molecular formula is C8H4Br2N2S. The number of hydrogen-bond donors (Lipinski definition) is 0. The zero-order valence-corrected chi connectivity index (χ0v) is 10.4. The maximum Gasteiger partial charge on any atom is 0.161 e. The molecule has 2 aromatic rings. The van der Waals surface area contributed by atoms with Crippen molar-refractivity contribution in [2.75, 3.05) is 0 Å². The third-order valence-corrected chi connectivity index (χ3v) is 3.80. The van der Waals surface area contributed by atoms with E-state index in [-0.39, 0.29) is 0 Å². The van der Waals surface area contributed by atoms with Crippen molar-refractivity contribution in [1.29, 1.82) is 0 Å². The third-order valence-electron chi connectivity index (χ3n) is 1.46. The van der Waals surface area contributed by atoms with Gasteiger partial charge in [-0.2, -0.15) is 0 Å². The quantitative estimate of drug-likeness (QED) is 0.800. The second-order valence-corrected chi connectivity index (χ2v) is 6.06. The highest BCUT2D eigenvalue weighted by atomic mass is 79.9. The summed E-state index contributed by atoms with van der Waals surface area (Å²) in [6, 6.07) is 3.81. The minimum absolute atomic E-state index is 0.747. The first-order chi connectivity index (χ1) is 6.27. The fourth-order valence-corrected chi connectivity index (χ4v) is 3.72. The molecule has 0 aliphatic rings. The van der Waals surface area contributed by atoms with Crippen LogP contribution in [0.15, 0.2) is 32.1 Å². The summed E-state index contributed by atoms with van der Waals surface area (Å²) in [7, 11) is 0. The molecular weight excluding hydrogens is 316 g/mol. The summed E-state index contributed by atoms with van der Waals surface area (Å²) >= 11 is 8.49. The standard InChI is InChI=1S/C8H4Br2N2S/c9-6-4-5(7(10)13-6)8-11-2-1-3-12-8/h1-4H. The summed E-state index contributed by atoms with van der Waals surface area (Å²) in [4.78, 5) is 8.34. The fourth-order valence-electron chi connectivity index (χ4n) is 0.931. The second-order valence-electron chi connectivity index (χ2n) is 2.31. The zero-order valence-electron chi connectivity index (χ0n) is 6.37. The summed E-state index contributed by atoms with van der Waals surface area (Å²) in [5.41, 5.74) is 1.03. The van der Waals surface area contributed by atoms with Gasteiger partial charge in [-0.3, -0.25) is 0 Å². The average Bonchev–Trinajstić information content (AvgIpc) is 2.47. The minimum Gasteiger partial charge on any atom is -0.237 e. The van der Waals surface area contributed by atoms with Crippen LogP contribution in [0.4, 0.5) is 0 Å². The Morgan fingerprint density at radius 1 is 1.15 bits per heavy atom. The van der Waals surface area contributed by atoms with Crippen LogP contribution in [0.1, 0.15) is 0 Å². The second kappa shape index (κ2) is 3.86. The Hall–Kier alpha value is -0.260. The van der Waals surface area contributed by atoms with E-state index in [1.807, 2.05) is 6.07 Å². The molecule has 0 unspecified atom stereocenters. The predicted molar refractivity (Wildman–Crippen MR) is 60.7 cm³/mol. The van der Waals surface area contributed by atoms with E-state index < -0.39 is 0 Å². The lowest BCUT2D eigenvalue weighted by atomic mass is 10.3. The van der Waals surface area contributed by atoms with Gasteiger partial charge in [0, 0.05) is 18.0 Å². The number of halogens is 2. The number of rotatable bonds is 1. The highest BCUT2D eigenvalue weighted by Crippen LogP contribution is 2.36. The number of nitrogens with zero attached hydrogens (tertiary/aromatic N) is 2. The van der Waals surface area contributed by atoms with E-state index in [0.717, 1.165) is 19.0 Å². The van der Waals surface area contributed by atoms with Gasteiger partial charge >= 0.3 is 0 Å². The van der Waals surface area contributed by atoms with Crippen LogP contribution < -0.4 is 0 Å². The summed E-state index contributed by atoms with van der Waals surface area (Å²) in [6.45, 7) is 0. The largest absolute Gasteiger partial charge is 0.237 e. The van der Waals surface area contributed by atoms with Gasteiger partial charge in [0.2, 0.25) is 0 Å². The van der Waals surface area contributed by atoms with Crippen LogP contribution in [0.2, 0.25) is 0 Å². The topological polar surface area (TPSA) is 25.8 Å². The average molecular weight is 320 g/mol. The molecule has 2 nitrogen and oxygen atoms in total. The summed E-state index contributed by atoms with van der Waals surface area (Å²) in [6.07, 6.45) is 3.47. The lowest BCUT2D eigenvalue weighted by molar-refractivity contribution is 1.18. The van der Waals surface area contributed by atoms with Crippen molar-refractivity contribution < 1.29 is 0 Å². The van der Waals surface area contributed by atoms with Gasteiger partial charge in [0.15, 0.2) is 5.82 Å². The van der Waals surface area contributed by atoms with Crippen molar-refractivity contribution in [3.8, 4) is 11.4 Å². The fraction of sp³-hybridized carbons (Fsp3) is 0. The zero-order chi connectivity index (χ0) is 9.26.